The van der Waals surface area contributed by atoms with Crippen molar-refractivity contribution in [3.8, 4) is 6.07 Å². The van der Waals surface area contributed by atoms with Gasteiger partial charge in [-0.05, 0) is 64.5 Å². The molecule has 3 atom stereocenters. The third-order valence-electron chi connectivity index (χ3n) is 4.17. The van der Waals surface area contributed by atoms with Gasteiger partial charge < -0.3 is 0 Å². The molecule has 116 valence electrons. The summed E-state index contributed by atoms with van der Waals surface area (Å²) in [5.41, 5.74) is -0.349. The van der Waals surface area contributed by atoms with Crippen LogP contribution in [0.3, 0.4) is 0 Å². The summed E-state index contributed by atoms with van der Waals surface area (Å²) in [7, 11) is 0. The molecule has 0 aromatic heterocycles. The van der Waals surface area contributed by atoms with Gasteiger partial charge in [0.15, 0.2) is 0 Å². The van der Waals surface area contributed by atoms with E-state index >= 15 is 0 Å². The molecular formula is C17H32N2S. The Labute approximate surface area is 130 Å². The van der Waals surface area contributed by atoms with Gasteiger partial charge in [-0.1, -0.05) is 19.8 Å². The molecule has 1 fully saturated rings. The standard InChI is InChI=1S/C17H32N2S/c1-14(2)19-17(4,13-18)10-5-6-11-20-16-9-7-8-15(3)12-16/h14-16,19H,5-12H2,1-4H3. The van der Waals surface area contributed by atoms with Crippen molar-refractivity contribution in [2.24, 2.45) is 5.92 Å². The summed E-state index contributed by atoms with van der Waals surface area (Å²) >= 11 is 2.17. The van der Waals surface area contributed by atoms with Crippen LogP contribution < -0.4 is 5.32 Å². The van der Waals surface area contributed by atoms with E-state index in [-0.39, 0.29) is 5.54 Å². The van der Waals surface area contributed by atoms with Gasteiger partial charge in [-0.3, -0.25) is 5.32 Å². The van der Waals surface area contributed by atoms with Crippen molar-refractivity contribution in [2.45, 2.75) is 89.5 Å². The minimum atomic E-state index is -0.349. The molecule has 0 bridgehead atoms. The highest BCUT2D eigenvalue weighted by molar-refractivity contribution is 7.99. The van der Waals surface area contributed by atoms with E-state index in [1.165, 1.54) is 37.9 Å². The van der Waals surface area contributed by atoms with Crippen molar-refractivity contribution in [3.63, 3.8) is 0 Å². The highest BCUT2D eigenvalue weighted by Crippen LogP contribution is 2.32. The van der Waals surface area contributed by atoms with Crippen LogP contribution in [0.1, 0.15) is 72.6 Å². The predicted molar refractivity (Wildman–Crippen MR) is 90.0 cm³/mol. The molecule has 1 aliphatic carbocycles. The number of hydrogen-bond donors (Lipinski definition) is 1. The topological polar surface area (TPSA) is 35.8 Å². The lowest BCUT2D eigenvalue weighted by Crippen LogP contribution is -2.44. The molecule has 0 spiro atoms. The summed E-state index contributed by atoms with van der Waals surface area (Å²) in [5, 5.41) is 13.6. The van der Waals surface area contributed by atoms with Crippen molar-refractivity contribution in [1.82, 2.24) is 5.32 Å². The predicted octanol–water partition coefficient (Wildman–Crippen LogP) is 4.75. The normalized spacial score (nSPS) is 26.2. The fourth-order valence-corrected chi connectivity index (χ4v) is 4.66. The van der Waals surface area contributed by atoms with E-state index in [9.17, 15) is 5.26 Å². The van der Waals surface area contributed by atoms with E-state index < -0.39 is 0 Å². The largest absolute Gasteiger partial charge is 0.297 e. The number of nitrogens with zero attached hydrogens (tertiary/aromatic N) is 1. The summed E-state index contributed by atoms with van der Waals surface area (Å²) in [5.74, 6) is 2.19. The van der Waals surface area contributed by atoms with Crippen LogP contribution in [-0.4, -0.2) is 22.6 Å². The second-order valence-electron chi connectivity index (χ2n) is 6.96. The van der Waals surface area contributed by atoms with Gasteiger partial charge in [0.25, 0.3) is 0 Å². The number of rotatable bonds is 8. The minimum absolute atomic E-state index is 0.349. The summed E-state index contributed by atoms with van der Waals surface area (Å²) in [6.07, 6.45) is 9.03. The Hall–Kier alpha value is -0.200. The molecule has 0 saturated heterocycles. The van der Waals surface area contributed by atoms with Crippen molar-refractivity contribution in [3.05, 3.63) is 0 Å². The Balaban J connectivity index is 2.13. The summed E-state index contributed by atoms with van der Waals surface area (Å²) in [6, 6.07) is 2.81. The molecule has 1 saturated carbocycles. The highest BCUT2D eigenvalue weighted by Gasteiger charge is 2.23. The maximum absolute atomic E-state index is 9.31. The van der Waals surface area contributed by atoms with Gasteiger partial charge in [0.1, 0.15) is 5.54 Å². The number of unbranched alkanes of at least 4 members (excludes halogenated alkanes) is 1. The van der Waals surface area contributed by atoms with Gasteiger partial charge in [0, 0.05) is 11.3 Å². The molecule has 2 nitrogen and oxygen atoms in total. The van der Waals surface area contributed by atoms with Crippen LogP contribution in [-0.2, 0) is 0 Å². The van der Waals surface area contributed by atoms with Crippen molar-refractivity contribution >= 4 is 11.8 Å². The molecule has 0 amide bonds. The smallest absolute Gasteiger partial charge is 0.104 e. The zero-order chi connectivity index (χ0) is 15.0. The fourth-order valence-electron chi connectivity index (χ4n) is 3.16. The highest BCUT2D eigenvalue weighted by atomic mass is 32.2. The molecule has 0 aromatic carbocycles. The first-order valence-corrected chi connectivity index (χ1v) is 9.30. The number of thioether (sulfide) groups is 1. The molecule has 0 heterocycles. The SMILES string of the molecule is CC1CCCC(SCCCCC(C)(C#N)NC(C)C)C1. The maximum atomic E-state index is 9.31. The van der Waals surface area contributed by atoms with Crippen LogP contribution in [0.2, 0.25) is 0 Å². The summed E-state index contributed by atoms with van der Waals surface area (Å²) < 4.78 is 0. The van der Waals surface area contributed by atoms with Gasteiger partial charge in [-0.25, -0.2) is 0 Å². The van der Waals surface area contributed by atoms with Crippen LogP contribution in [0.25, 0.3) is 0 Å². The van der Waals surface area contributed by atoms with Gasteiger partial charge in [0.2, 0.25) is 0 Å². The molecular weight excluding hydrogens is 264 g/mol. The molecule has 0 aromatic rings. The van der Waals surface area contributed by atoms with Crippen LogP contribution in [0.4, 0.5) is 0 Å². The van der Waals surface area contributed by atoms with Gasteiger partial charge in [-0.2, -0.15) is 17.0 Å². The van der Waals surface area contributed by atoms with Crippen molar-refractivity contribution in [2.75, 3.05) is 5.75 Å². The molecule has 1 N–H and O–H groups in total. The summed E-state index contributed by atoms with van der Waals surface area (Å²) in [4.78, 5) is 0. The Bertz CT molecular complexity index is 311. The van der Waals surface area contributed by atoms with Gasteiger partial charge in [-0.15, -0.1) is 0 Å². The lowest BCUT2D eigenvalue weighted by molar-refractivity contribution is 0.372. The lowest BCUT2D eigenvalue weighted by Gasteiger charge is -2.27. The van der Waals surface area contributed by atoms with E-state index in [1.807, 2.05) is 6.92 Å². The first kappa shape index (κ1) is 17.9. The zero-order valence-corrected chi connectivity index (χ0v) is 14.6. The lowest BCUT2D eigenvalue weighted by atomic mass is 9.91. The molecule has 0 aliphatic heterocycles. The Morgan fingerprint density at radius 3 is 2.70 bits per heavy atom. The summed E-state index contributed by atoms with van der Waals surface area (Å²) in [6.45, 7) is 8.64. The number of nitriles is 1. The van der Waals surface area contributed by atoms with E-state index in [2.05, 4.69) is 43.9 Å². The third kappa shape index (κ3) is 6.99. The van der Waals surface area contributed by atoms with Crippen molar-refractivity contribution < 1.29 is 0 Å². The fraction of sp³-hybridized carbons (Fsp3) is 0.941. The van der Waals surface area contributed by atoms with Crippen LogP contribution >= 0.6 is 11.8 Å². The van der Waals surface area contributed by atoms with Crippen LogP contribution in [0, 0.1) is 17.2 Å². The third-order valence-corrected chi connectivity index (χ3v) is 5.59. The van der Waals surface area contributed by atoms with Crippen LogP contribution in [0.15, 0.2) is 0 Å². The second-order valence-corrected chi connectivity index (χ2v) is 8.37. The zero-order valence-electron chi connectivity index (χ0n) is 13.7. The second kappa shape index (κ2) is 8.95. The van der Waals surface area contributed by atoms with Crippen molar-refractivity contribution in [1.29, 1.82) is 5.26 Å². The molecule has 20 heavy (non-hydrogen) atoms. The molecule has 3 heteroatoms. The Morgan fingerprint density at radius 2 is 2.10 bits per heavy atom. The van der Waals surface area contributed by atoms with Crippen LogP contribution in [0.5, 0.6) is 0 Å². The Morgan fingerprint density at radius 1 is 1.35 bits per heavy atom. The molecule has 1 aliphatic rings. The monoisotopic (exact) mass is 296 g/mol. The molecule has 3 unspecified atom stereocenters. The average molecular weight is 297 g/mol. The van der Waals surface area contributed by atoms with E-state index in [4.69, 9.17) is 0 Å². The van der Waals surface area contributed by atoms with Gasteiger partial charge >= 0.3 is 0 Å². The van der Waals surface area contributed by atoms with E-state index in [0.717, 1.165) is 24.0 Å². The van der Waals surface area contributed by atoms with E-state index in [0.29, 0.717) is 6.04 Å². The quantitative estimate of drug-likeness (QED) is 0.657. The Kier molecular flexibility index (Phi) is 7.99. The van der Waals surface area contributed by atoms with Gasteiger partial charge in [0.05, 0.1) is 6.07 Å². The maximum Gasteiger partial charge on any atom is 0.104 e. The first-order valence-electron chi connectivity index (χ1n) is 8.26. The first-order chi connectivity index (χ1) is 9.45. The van der Waals surface area contributed by atoms with E-state index in [1.54, 1.807) is 0 Å². The minimum Gasteiger partial charge on any atom is -0.297 e. The number of nitrogens with one attached hydrogen (secondary N) is 1. The molecule has 1 rings (SSSR count). The molecule has 0 radical (unpaired) electrons. The number of hydrogen-bond acceptors (Lipinski definition) is 3. The average Bonchev–Trinajstić information content (AvgIpc) is 2.37.